The molecule has 122 valence electrons. The summed E-state index contributed by atoms with van der Waals surface area (Å²) < 4.78 is 11.3. The molecule has 5 heteroatoms. The number of hydrogen-bond donors (Lipinski definition) is 1. The highest BCUT2D eigenvalue weighted by Gasteiger charge is 2.32. The largest absolute Gasteiger partial charge is 0.486 e. The van der Waals surface area contributed by atoms with Crippen LogP contribution in [0.4, 0.5) is 0 Å². The molecule has 1 aromatic carbocycles. The van der Waals surface area contributed by atoms with E-state index in [1.807, 2.05) is 12.3 Å². The van der Waals surface area contributed by atoms with E-state index in [1.165, 1.54) is 11.3 Å². The molecule has 3 heterocycles. The summed E-state index contributed by atoms with van der Waals surface area (Å²) >= 11 is 0. The van der Waals surface area contributed by atoms with Crippen LogP contribution in [0.1, 0.15) is 31.0 Å². The van der Waals surface area contributed by atoms with Gasteiger partial charge in [0.15, 0.2) is 11.5 Å². The Bertz CT molecular complexity index is 661. The molecule has 23 heavy (non-hydrogen) atoms. The van der Waals surface area contributed by atoms with E-state index in [1.54, 1.807) is 0 Å². The summed E-state index contributed by atoms with van der Waals surface area (Å²) in [5.41, 5.74) is 2.77. The lowest BCUT2D eigenvalue weighted by atomic mass is 9.77. The van der Waals surface area contributed by atoms with Gasteiger partial charge in [-0.15, -0.1) is 0 Å². The van der Waals surface area contributed by atoms with Gasteiger partial charge in [0, 0.05) is 23.9 Å². The number of nitrogens with one attached hydrogen (secondary N) is 1. The molecule has 1 aromatic heterocycles. The summed E-state index contributed by atoms with van der Waals surface area (Å²) in [7, 11) is 0. The molecular formula is C18H23N3O2. The van der Waals surface area contributed by atoms with Gasteiger partial charge in [-0.05, 0) is 49.7 Å². The van der Waals surface area contributed by atoms with Gasteiger partial charge < -0.3 is 9.47 Å². The maximum atomic E-state index is 5.68. The smallest absolute Gasteiger partial charge is 0.161 e. The van der Waals surface area contributed by atoms with E-state index in [-0.39, 0.29) is 5.41 Å². The molecule has 1 N–H and O–H groups in total. The molecule has 2 aromatic rings. The molecule has 0 amide bonds. The van der Waals surface area contributed by atoms with E-state index in [0.717, 1.165) is 44.0 Å². The lowest BCUT2D eigenvalue weighted by molar-refractivity contribution is 0.157. The van der Waals surface area contributed by atoms with Gasteiger partial charge in [0.1, 0.15) is 13.2 Å². The van der Waals surface area contributed by atoms with Crippen molar-refractivity contribution in [1.82, 2.24) is 15.1 Å². The maximum absolute atomic E-state index is 5.68. The predicted molar refractivity (Wildman–Crippen MR) is 87.9 cm³/mol. The number of rotatable bonds is 3. The van der Waals surface area contributed by atoms with Crippen LogP contribution in [0, 0.1) is 0 Å². The van der Waals surface area contributed by atoms with Gasteiger partial charge in [-0.1, -0.05) is 13.0 Å². The topological polar surface area (TPSA) is 50.4 Å². The van der Waals surface area contributed by atoms with Crippen LogP contribution in [-0.4, -0.2) is 41.4 Å². The normalized spacial score (nSPS) is 20.4. The summed E-state index contributed by atoms with van der Waals surface area (Å²) in [6.07, 6.45) is 4.15. The fourth-order valence-electron chi connectivity index (χ4n) is 3.51. The standard InChI is InChI=1S/C18H23N3O2/c1-18(17-4-7-19-20-17)5-8-21(9-6-18)13-14-2-3-15-16(12-14)23-11-10-22-15/h2-4,7,12H,5-6,8-11,13H2,1H3,(H,19,20). The molecule has 0 atom stereocenters. The molecule has 0 saturated carbocycles. The van der Waals surface area contributed by atoms with Crippen molar-refractivity contribution in [2.45, 2.75) is 31.7 Å². The van der Waals surface area contributed by atoms with Crippen molar-refractivity contribution in [1.29, 1.82) is 0 Å². The predicted octanol–water partition coefficient (Wildman–Crippen LogP) is 2.73. The second-order valence-electron chi connectivity index (χ2n) is 6.79. The molecule has 1 saturated heterocycles. The Balaban J connectivity index is 1.40. The van der Waals surface area contributed by atoms with Gasteiger partial charge in [0.25, 0.3) is 0 Å². The highest BCUT2D eigenvalue weighted by molar-refractivity contribution is 5.43. The Morgan fingerprint density at radius 3 is 2.65 bits per heavy atom. The van der Waals surface area contributed by atoms with E-state index in [9.17, 15) is 0 Å². The minimum absolute atomic E-state index is 0.222. The average Bonchev–Trinajstić information content (AvgIpc) is 3.12. The Morgan fingerprint density at radius 1 is 1.13 bits per heavy atom. The summed E-state index contributed by atoms with van der Waals surface area (Å²) in [4.78, 5) is 2.52. The van der Waals surface area contributed by atoms with E-state index in [0.29, 0.717) is 13.2 Å². The number of piperidine rings is 1. The number of aromatic nitrogens is 2. The van der Waals surface area contributed by atoms with Crippen molar-refractivity contribution in [2.75, 3.05) is 26.3 Å². The molecule has 4 rings (SSSR count). The number of fused-ring (bicyclic) bond motifs is 1. The second kappa shape index (κ2) is 5.89. The van der Waals surface area contributed by atoms with Crippen molar-refractivity contribution < 1.29 is 9.47 Å². The lowest BCUT2D eigenvalue weighted by Gasteiger charge is -2.38. The van der Waals surface area contributed by atoms with Gasteiger partial charge in [-0.25, -0.2) is 0 Å². The van der Waals surface area contributed by atoms with Crippen LogP contribution in [0.3, 0.4) is 0 Å². The van der Waals surface area contributed by atoms with Crippen molar-refractivity contribution in [3.05, 3.63) is 41.7 Å². The quantitative estimate of drug-likeness (QED) is 0.946. The maximum Gasteiger partial charge on any atom is 0.161 e. The zero-order valence-electron chi connectivity index (χ0n) is 13.5. The second-order valence-corrected chi connectivity index (χ2v) is 6.79. The average molecular weight is 313 g/mol. The molecule has 0 aliphatic carbocycles. The molecule has 5 nitrogen and oxygen atoms in total. The Morgan fingerprint density at radius 2 is 1.91 bits per heavy atom. The van der Waals surface area contributed by atoms with Gasteiger partial charge in [-0.3, -0.25) is 10.00 Å². The number of H-pyrrole nitrogens is 1. The highest BCUT2D eigenvalue weighted by atomic mass is 16.6. The van der Waals surface area contributed by atoms with Crippen LogP contribution < -0.4 is 9.47 Å². The van der Waals surface area contributed by atoms with Gasteiger partial charge in [0.05, 0.1) is 0 Å². The zero-order chi connectivity index (χ0) is 15.7. The first kappa shape index (κ1) is 14.6. The van der Waals surface area contributed by atoms with Crippen molar-refractivity contribution in [2.24, 2.45) is 0 Å². The summed E-state index contributed by atoms with van der Waals surface area (Å²) in [5.74, 6) is 1.75. The first-order valence-corrected chi connectivity index (χ1v) is 8.34. The number of aromatic amines is 1. The third-order valence-corrected chi connectivity index (χ3v) is 5.12. The number of likely N-dealkylation sites (tertiary alicyclic amines) is 1. The fraction of sp³-hybridized carbons (Fsp3) is 0.500. The highest BCUT2D eigenvalue weighted by Crippen LogP contribution is 2.35. The van der Waals surface area contributed by atoms with Crippen LogP contribution >= 0.6 is 0 Å². The van der Waals surface area contributed by atoms with E-state index in [4.69, 9.17) is 9.47 Å². The van der Waals surface area contributed by atoms with E-state index < -0.39 is 0 Å². The first-order valence-electron chi connectivity index (χ1n) is 8.34. The van der Waals surface area contributed by atoms with Crippen LogP contribution in [0.15, 0.2) is 30.5 Å². The number of ether oxygens (including phenoxy) is 2. The number of nitrogens with zero attached hydrogens (tertiary/aromatic N) is 2. The third-order valence-electron chi connectivity index (χ3n) is 5.12. The minimum Gasteiger partial charge on any atom is -0.486 e. The first-order chi connectivity index (χ1) is 11.2. The number of hydrogen-bond acceptors (Lipinski definition) is 4. The SMILES string of the molecule is CC1(c2ccn[nH]2)CCN(Cc2ccc3c(c2)OCCO3)CC1. The zero-order valence-corrected chi connectivity index (χ0v) is 13.5. The fourth-order valence-corrected chi connectivity index (χ4v) is 3.51. The van der Waals surface area contributed by atoms with Gasteiger partial charge >= 0.3 is 0 Å². The van der Waals surface area contributed by atoms with Gasteiger partial charge in [-0.2, -0.15) is 5.10 Å². The van der Waals surface area contributed by atoms with E-state index in [2.05, 4.69) is 40.2 Å². The molecule has 1 fully saturated rings. The summed E-state index contributed by atoms with van der Waals surface area (Å²) in [6.45, 7) is 6.79. The Labute approximate surface area is 136 Å². The van der Waals surface area contributed by atoms with Crippen LogP contribution in [-0.2, 0) is 12.0 Å². The minimum atomic E-state index is 0.222. The third kappa shape index (κ3) is 2.93. The number of benzene rings is 1. The van der Waals surface area contributed by atoms with Crippen molar-refractivity contribution in [3.63, 3.8) is 0 Å². The van der Waals surface area contributed by atoms with Crippen LogP contribution in [0.5, 0.6) is 11.5 Å². The molecule has 0 spiro atoms. The molecule has 0 unspecified atom stereocenters. The molecule has 0 bridgehead atoms. The Hall–Kier alpha value is -2.01. The van der Waals surface area contributed by atoms with Crippen LogP contribution in [0.25, 0.3) is 0 Å². The van der Waals surface area contributed by atoms with Gasteiger partial charge in [0.2, 0.25) is 0 Å². The lowest BCUT2D eigenvalue weighted by Crippen LogP contribution is -2.40. The van der Waals surface area contributed by atoms with Crippen LogP contribution in [0.2, 0.25) is 0 Å². The summed E-state index contributed by atoms with van der Waals surface area (Å²) in [5, 5.41) is 7.25. The Kier molecular flexibility index (Phi) is 3.73. The molecule has 0 radical (unpaired) electrons. The molecule has 2 aliphatic heterocycles. The molecule has 2 aliphatic rings. The molecular weight excluding hydrogens is 290 g/mol. The monoisotopic (exact) mass is 313 g/mol. The van der Waals surface area contributed by atoms with E-state index >= 15 is 0 Å². The van der Waals surface area contributed by atoms with Crippen molar-refractivity contribution in [3.8, 4) is 11.5 Å². The van der Waals surface area contributed by atoms with Crippen molar-refractivity contribution >= 4 is 0 Å². The summed E-state index contributed by atoms with van der Waals surface area (Å²) in [6, 6.07) is 8.41.